The van der Waals surface area contributed by atoms with Crippen LogP contribution in [-0.2, 0) is 4.74 Å². The van der Waals surface area contributed by atoms with Crippen molar-refractivity contribution < 1.29 is 9.53 Å². The molecule has 2 aliphatic rings. The molecule has 5 rings (SSSR count). The fourth-order valence-electron chi connectivity index (χ4n) is 4.32. The first-order chi connectivity index (χ1) is 15.7. The molecule has 3 aromatic rings. The molecule has 0 atom stereocenters. The van der Waals surface area contributed by atoms with Crippen LogP contribution in [0.25, 0.3) is 22.3 Å². The van der Waals surface area contributed by atoms with Crippen molar-refractivity contribution in [2.24, 2.45) is 5.73 Å². The number of morpholine rings is 1. The van der Waals surface area contributed by atoms with Crippen LogP contribution in [0.1, 0.15) is 12.8 Å². The van der Waals surface area contributed by atoms with Crippen molar-refractivity contribution in [1.29, 1.82) is 0 Å². The van der Waals surface area contributed by atoms with Crippen LogP contribution in [0, 0.1) is 0 Å². The number of hydrogen-bond acceptors (Lipinski definition) is 7. The van der Waals surface area contributed by atoms with Gasteiger partial charge in [0, 0.05) is 55.9 Å². The molecule has 0 aliphatic carbocycles. The van der Waals surface area contributed by atoms with E-state index in [1.807, 2.05) is 6.07 Å². The summed E-state index contributed by atoms with van der Waals surface area (Å²) in [7, 11) is 0. The van der Waals surface area contributed by atoms with Crippen LogP contribution in [0.3, 0.4) is 0 Å². The second kappa shape index (κ2) is 8.96. The fraction of sp³-hybridized carbons (Fsp3) is 0.391. The highest BCUT2D eigenvalue weighted by atomic mass is 16.5. The first-order valence-corrected chi connectivity index (χ1v) is 11.0. The van der Waals surface area contributed by atoms with Crippen LogP contribution in [0.5, 0.6) is 0 Å². The van der Waals surface area contributed by atoms with Crippen LogP contribution < -0.4 is 16.0 Å². The first-order valence-electron chi connectivity index (χ1n) is 11.0. The zero-order valence-corrected chi connectivity index (χ0v) is 17.9. The number of ether oxygens (including phenoxy) is 1. The maximum absolute atomic E-state index is 11.4. The van der Waals surface area contributed by atoms with Gasteiger partial charge in [0.15, 0.2) is 5.82 Å². The van der Waals surface area contributed by atoms with Crippen LogP contribution in [0.4, 0.5) is 16.3 Å². The van der Waals surface area contributed by atoms with Crippen molar-refractivity contribution >= 4 is 28.6 Å². The maximum atomic E-state index is 11.4. The van der Waals surface area contributed by atoms with Gasteiger partial charge in [-0.15, -0.1) is 0 Å². The normalized spacial score (nSPS) is 17.5. The molecule has 2 saturated heterocycles. The standard InChI is InChI=1S/C23H27N7O2/c24-23(31)30-9-5-17(6-10-30)27-22-21-20(25-7-8-26-21)15-19(28-22)16-1-3-18(4-2-16)29-11-13-32-14-12-29/h1-4,7-8,15,17H,5-6,9-14H2,(H2,24,31)(H,27,28). The van der Waals surface area contributed by atoms with E-state index in [9.17, 15) is 4.79 Å². The van der Waals surface area contributed by atoms with Crippen LogP contribution >= 0.6 is 0 Å². The second-order valence-corrected chi connectivity index (χ2v) is 8.17. The van der Waals surface area contributed by atoms with Crippen molar-refractivity contribution in [1.82, 2.24) is 19.9 Å². The zero-order valence-electron chi connectivity index (χ0n) is 17.9. The molecule has 9 heteroatoms. The molecule has 2 amide bonds. The average molecular weight is 434 g/mol. The molecule has 3 N–H and O–H groups in total. The highest BCUT2D eigenvalue weighted by Crippen LogP contribution is 2.28. The molecule has 0 bridgehead atoms. The molecule has 1 aromatic carbocycles. The first kappa shape index (κ1) is 20.4. The van der Waals surface area contributed by atoms with Gasteiger partial charge in [0.05, 0.1) is 24.4 Å². The number of carbonyl (C=O) groups is 1. The molecule has 0 unspecified atom stereocenters. The number of hydrogen-bond donors (Lipinski definition) is 2. The van der Waals surface area contributed by atoms with E-state index in [-0.39, 0.29) is 12.1 Å². The van der Waals surface area contributed by atoms with E-state index >= 15 is 0 Å². The van der Waals surface area contributed by atoms with Crippen molar-refractivity contribution in [2.75, 3.05) is 49.6 Å². The fourth-order valence-corrected chi connectivity index (χ4v) is 4.32. The van der Waals surface area contributed by atoms with E-state index in [2.05, 4.69) is 44.5 Å². The number of fused-ring (bicyclic) bond motifs is 1. The average Bonchev–Trinajstić information content (AvgIpc) is 2.85. The highest BCUT2D eigenvalue weighted by Gasteiger charge is 2.22. The molecule has 9 nitrogen and oxygen atoms in total. The van der Waals surface area contributed by atoms with E-state index in [4.69, 9.17) is 15.5 Å². The third-order valence-electron chi connectivity index (χ3n) is 6.14. The van der Waals surface area contributed by atoms with Gasteiger partial charge in [0.1, 0.15) is 5.52 Å². The number of piperidine rings is 1. The Morgan fingerprint density at radius 2 is 1.75 bits per heavy atom. The Kier molecular flexibility index (Phi) is 5.72. The van der Waals surface area contributed by atoms with E-state index in [0.717, 1.165) is 67.3 Å². The Labute approximate surface area is 186 Å². The number of pyridine rings is 1. The summed E-state index contributed by atoms with van der Waals surface area (Å²) < 4.78 is 5.45. The lowest BCUT2D eigenvalue weighted by atomic mass is 10.0. The third kappa shape index (κ3) is 4.29. The molecule has 2 fully saturated rings. The number of anilines is 2. The van der Waals surface area contributed by atoms with Gasteiger partial charge in [0.25, 0.3) is 0 Å². The van der Waals surface area contributed by atoms with Gasteiger partial charge in [-0.05, 0) is 31.0 Å². The lowest BCUT2D eigenvalue weighted by Gasteiger charge is -2.31. The number of nitrogens with one attached hydrogen (secondary N) is 1. The summed E-state index contributed by atoms with van der Waals surface area (Å²) in [6.07, 6.45) is 5.00. The number of amides is 2. The Morgan fingerprint density at radius 1 is 1.03 bits per heavy atom. The maximum Gasteiger partial charge on any atom is 0.314 e. The quantitative estimate of drug-likeness (QED) is 0.650. The second-order valence-electron chi connectivity index (χ2n) is 8.17. The molecule has 2 aromatic heterocycles. The lowest BCUT2D eigenvalue weighted by molar-refractivity contribution is 0.122. The number of primary amides is 1. The van der Waals surface area contributed by atoms with E-state index in [0.29, 0.717) is 13.1 Å². The summed E-state index contributed by atoms with van der Waals surface area (Å²) >= 11 is 0. The number of aromatic nitrogens is 3. The third-order valence-corrected chi connectivity index (χ3v) is 6.14. The summed E-state index contributed by atoms with van der Waals surface area (Å²) in [5.41, 5.74) is 10.0. The number of nitrogens with zero attached hydrogens (tertiary/aromatic N) is 5. The largest absolute Gasteiger partial charge is 0.378 e. The smallest absolute Gasteiger partial charge is 0.314 e. The minimum Gasteiger partial charge on any atom is -0.378 e. The number of nitrogens with two attached hydrogens (primary N) is 1. The predicted molar refractivity (Wildman–Crippen MR) is 124 cm³/mol. The summed E-state index contributed by atoms with van der Waals surface area (Å²) in [5.74, 6) is 0.723. The van der Waals surface area contributed by atoms with Gasteiger partial charge < -0.3 is 25.6 Å². The van der Waals surface area contributed by atoms with Gasteiger partial charge in [-0.3, -0.25) is 4.98 Å². The monoisotopic (exact) mass is 433 g/mol. The van der Waals surface area contributed by atoms with Crippen molar-refractivity contribution in [3.63, 3.8) is 0 Å². The Bertz CT molecular complexity index is 1090. The summed E-state index contributed by atoms with van der Waals surface area (Å²) in [6, 6.07) is 10.3. The van der Waals surface area contributed by atoms with Gasteiger partial charge >= 0.3 is 6.03 Å². The number of rotatable bonds is 4. The van der Waals surface area contributed by atoms with Gasteiger partial charge in [0.2, 0.25) is 0 Å². The van der Waals surface area contributed by atoms with Crippen LogP contribution in [0.15, 0.2) is 42.7 Å². The van der Waals surface area contributed by atoms with Crippen LogP contribution in [0.2, 0.25) is 0 Å². The van der Waals surface area contributed by atoms with Crippen molar-refractivity contribution in [3.8, 4) is 11.3 Å². The Morgan fingerprint density at radius 3 is 2.47 bits per heavy atom. The molecular weight excluding hydrogens is 406 g/mol. The Balaban J connectivity index is 1.40. The number of urea groups is 1. The zero-order chi connectivity index (χ0) is 21.9. The predicted octanol–water partition coefficient (Wildman–Crippen LogP) is 2.48. The number of likely N-dealkylation sites (tertiary alicyclic amines) is 1. The lowest BCUT2D eigenvalue weighted by Crippen LogP contribution is -2.44. The number of carbonyl (C=O) groups excluding carboxylic acids is 1. The summed E-state index contributed by atoms with van der Waals surface area (Å²) in [5, 5.41) is 3.54. The van der Waals surface area contributed by atoms with E-state index < -0.39 is 0 Å². The van der Waals surface area contributed by atoms with E-state index in [1.165, 1.54) is 5.69 Å². The summed E-state index contributed by atoms with van der Waals surface area (Å²) in [6.45, 7) is 4.62. The number of benzene rings is 1. The highest BCUT2D eigenvalue weighted by molar-refractivity contribution is 5.88. The molecular formula is C23H27N7O2. The van der Waals surface area contributed by atoms with Gasteiger partial charge in [-0.2, -0.15) is 0 Å². The molecule has 2 aliphatic heterocycles. The van der Waals surface area contributed by atoms with E-state index in [1.54, 1.807) is 17.3 Å². The van der Waals surface area contributed by atoms with Gasteiger partial charge in [-0.25, -0.2) is 14.8 Å². The molecule has 0 spiro atoms. The molecule has 0 radical (unpaired) electrons. The molecule has 0 saturated carbocycles. The van der Waals surface area contributed by atoms with Crippen LogP contribution in [-0.4, -0.2) is 71.3 Å². The van der Waals surface area contributed by atoms with Gasteiger partial charge in [-0.1, -0.05) is 12.1 Å². The minimum absolute atomic E-state index is 0.197. The Hall–Kier alpha value is -3.46. The summed E-state index contributed by atoms with van der Waals surface area (Å²) in [4.78, 5) is 29.3. The topological polar surface area (TPSA) is 110 Å². The molecule has 166 valence electrons. The minimum atomic E-state index is -0.361. The molecule has 4 heterocycles. The SMILES string of the molecule is NC(=O)N1CCC(Nc2nc(-c3ccc(N4CCOCC4)cc3)cc3nccnc23)CC1. The van der Waals surface area contributed by atoms with Crippen molar-refractivity contribution in [2.45, 2.75) is 18.9 Å². The van der Waals surface area contributed by atoms with Crippen molar-refractivity contribution in [3.05, 3.63) is 42.7 Å². The molecule has 32 heavy (non-hydrogen) atoms.